The predicted octanol–water partition coefficient (Wildman–Crippen LogP) is 6.30. The van der Waals surface area contributed by atoms with E-state index in [0.717, 1.165) is 11.1 Å². The van der Waals surface area contributed by atoms with Gasteiger partial charge >= 0.3 is 0 Å². The second kappa shape index (κ2) is 12.7. The minimum absolute atomic E-state index is 0. The lowest BCUT2D eigenvalue weighted by Crippen LogP contribution is -2.35. The number of ether oxygens (including phenoxy) is 1. The van der Waals surface area contributed by atoms with Crippen LogP contribution in [0, 0.1) is 0 Å². The van der Waals surface area contributed by atoms with Crippen LogP contribution in [0.1, 0.15) is 17.2 Å². The second-order valence-electron chi connectivity index (χ2n) is 6.40. The molecular formula is C21H23Cl5N2O2. The summed E-state index contributed by atoms with van der Waals surface area (Å²) in [5, 5.41) is 1.94. The molecule has 2 unspecified atom stereocenters. The summed E-state index contributed by atoms with van der Waals surface area (Å²) in [6, 6.07) is 13.0. The summed E-state index contributed by atoms with van der Waals surface area (Å²) in [5.74, 6) is 0. The van der Waals surface area contributed by atoms with Gasteiger partial charge in [-0.05, 0) is 35.4 Å². The standard InChI is InChI=1S/C21H20Cl4N2O.ClH.H2O/c1-2-11-28-20(15-3-6-17(22)7-4-15)21(25)27-10-9-26(14-27)13-16-5-8-18(23)12-19(16)24;;/h2-10,12,20-21H,1,11,13-14H2;1H;1H2. The van der Waals surface area contributed by atoms with Crippen molar-refractivity contribution in [1.29, 1.82) is 0 Å². The SMILES string of the molecule is C=CCOC(c1ccc(Cl)cc1)C(Cl)N1C=CN(Cc2ccc(Cl)cc2Cl)C1.Cl.O. The average molecular weight is 513 g/mol. The lowest BCUT2D eigenvalue weighted by Gasteiger charge is -2.31. The smallest absolute Gasteiger partial charge is 0.135 e. The normalized spacial score (nSPS) is 14.7. The van der Waals surface area contributed by atoms with Crippen molar-refractivity contribution >= 4 is 58.8 Å². The highest BCUT2D eigenvalue weighted by Gasteiger charge is 2.29. The van der Waals surface area contributed by atoms with Gasteiger partial charge in [0.15, 0.2) is 0 Å². The molecule has 9 heteroatoms. The zero-order chi connectivity index (χ0) is 20.1. The zero-order valence-electron chi connectivity index (χ0n) is 16.0. The molecule has 1 heterocycles. The first kappa shape index (κ1) is 26.9. The predicted molar refractivity (Wildman–Crippen MR) is 129 cm³/mol. The lowest BCUT2D eigenvalue weighted by molar-refractivity contribution is 0.0337. The van der Waals surface area contributed by atoms with Crippen molar-refractivity contribution in [2.45, 2.75) is 18.1 Å². The summed E-state index contributed by atoms with van der Waals surface area (Å²) in [4.78, 5) is 4.14. The third-order valence-electron chi connectivity index (χ3n) is 4.36. The number of nitrogens with zero attached hydrogens (tertiary/aromatic N) is 2. The molecule has 3 rings (SSSR count). The Morgan fingerprint density at radius 3 is 2.33 bits per heavy atom. The van der Waals surface area contributed by atoms with Crippen LogP contribution in [0.4, 0.5) is 0 Å². The van der Waals surface area contributed by atoms with Gasteiger partial charge in [-0.1, -0.05) is 70.7 Å². The molecule has 0 fully saturated rings. The number of hydrogen-bond acceptors (Lipinski definition) is 3. The molecule has 0 radical (unpaired) electrons. The van der Waals surface area contributed by atoms with Crippen LogP contribution in [-0.4, -0.2) is 34.1 Å². The van der Waals surface area contributed by atoms with Crippen molar-refractivity contribution < 1.29 is 10.2 Å². The molecular weight excluding hydrogens is 490 g/mol. The molecule has 1 aliphatic rings. The average Bonchev–Trinajstić information content (AvgIpc) is 3.14. The summed E-state index contributed by atoms with van der Waals surface area (Å²) in [7, 11) is 0. The van der Waals surface area contributed by atoms with Crippen LogP contribution in [0.3, 0.4) is 0 Å². The molecule has 164 valence electrons. The van der Waals surface area contributed by atoms with E-state index in [1.807, 2.05) is 53.7 Å². The van der Waals surface area contributed by atoms with Crippen LogP contribution in [-0.2, 0) is 11.3 Å². The number of rotatable bonds is 8. The molecule has 0 aromatic heterocycles. The van der Waals surface area contributed by atoms with Crippen molar-refractivity contribution in [2.24, 2.45) is 0 Å². The van der Waals surface area contributed by atoms with Crippen molar-refractivity contribution in [3.8, 4) is 0 Å². The quantitative estimate of drug-likeness (QED) is 0.237. The molecule has 0 aliphatic carbocycles. The fourth-order valence-electron chi connectivity index (χ4n) is 2.95. The van der Waals surface area contributed by atoms with Gasteiger partial charge in [0.25, 0.3) is 0 Å². The molecule has 1 aliphatic heterocycles. The Hall–Kier alpha value is -1.11. The van der Waals surface area contributed by atoms with Crippen LogP contribution < -0.4 is 0 Å². The molecule has 2 atom stereocenters. The van der Waals surface area contributed by atoms with Crippen molar-refractivity contribution in [3.05, 3.63) is 93.7 Å². The molecule has 2 aromatic rings. The highest BCUT2D eigenvalue weighted by molar-refractivity contribution is 6.35. The summed E-state index contributed by atoms with van der Waals surface area (Å²) in [5.41, 5.74) is 1.56. The first-order chi connectivity index (χ1) is 13.5. The third-order valence-corrected chi connectivity index (χ3v) is 5.68. The van der Waals surface area contributed by atoms with E-state index in [1.165, 1.54) is 0 Å². The number of halogens is 5. The minimum Gasteiger partial charge on any atom is -0.412 e. The van der Waals surface area contributed by atoms with E-state index in [-0.39, 0.29) is 24.0 Å². The Balaban J connectivity index is 0.00000225. The first-order valence-electron chi connectivity index (χ1n) is 8.72. The van der Waals surface area contributed by atoms with Gasteiger partial charge in [0.05, 0.1) is 13.3 Å². The van der Waals surface area contributed by atoms with Crippen LogP contribution in [0.15, 0.2) is 67.5 Å². The van der Waals surface area contributed by atoms with Gasteiger partial charge in [-0.2, -0.15) is 0 Å². The van der Waals surface area contributed by atoms with Crippen molar-refractivity contribution in [3.63, 3.8) is 0 Å². The zero-order valence-corrected chi connectivity index (χ0v) is 19.8. The maximum Gasteiger partial charge on any atom is 0.135 e. The molecule has 0 saturated carbocycles. The van der Waals surface area contributed by atoms with E-state index in [9.17, 15) is 0 Å². The number of benzene rings is 2. The van der Waals surface area contributed by atoms with Gasteiger partial charge in [0.2, 0.25) is 0 Å². The van der Waals surface area contributed by atoms with E-state index in [1.54, 1.807) is 12.1 Å². The van der Waals surface area contributed by atoms with Gasteiger partial charge in [0, 0.05) is 34.0 Å². The first-order valence-corrected chi connectivity index (χ1v) is 10.3. The number of alkyl halides is 1. The molecule has 2 aromatic carbocycles. The molecule has 0 bridgehead atoms. The third kappa shape index (κ3) is 6.96. The Labute approximate surface area is 203 Å². The van der Waals surface area contributed by atoms with E-state index in [2.05, 4.69) is 11.5 Å². The van der Waals surface area contributed by atoms with Gasteiger partial charge in [-0.3, -0.25) is 0 Å². The molecule has 2 N–H and O–H groups in total. The minimum atomic E-state index is -0.400. The van der Waals surface area contributed by atoms with Crippen LogP contribution in [0.2, 0.25) is 15.1 Å². The van der Waals surface area contributed by atoms with Crippen LogP contribution in [0.25, 0.3) is 0 Å². The summed E-state index contributed by atoms with van der Waals surface area (Å²) >= 11 is 25.1. The maximum atomic E-state index is 6.80. The molecule has 0 amide bonds. The van der Waals surface area contributed by atoms with Gasteiger partial charge in [-0.25, -0.2) is 0 Å². The topological polar surface area (TPSA) is 47.2 Å². The Bertz CT molecular complexity index is 848. The van der Waals surface area contributed by atoms with Gasteiger partial charge in [-0.15, -0.1) is 19.0 Å². The molecule has 4 nitrogen and oxygen atoms in total. The summed E-state index contributed by atoms with van der Waals surface area (Å²) < 4.78 is 5.95. The summed E-state index contributed by atoms with van der Waals surface area (Å²) in [6.07, 6.45) is 5.33. The highest BCUT2D eigenvalue weighted by Crippen LogP contribution is 2.31. The molecule has 0 saturated heterocycles. The Morgan fingerprint density at radius 2 is 1.70 bits per heavy atom. The van der Waals surface area contributed by atoms with Gasteiger partial charge in [0.1, 0.15) is 11.6 Å². The van der Waals surface area contributed by atoms with E-state index >= 15 is 0 Å². The second-order valence-corrected chi connectivity index (χ2v) is 8.13. The van der Waals surface area contributed by atoms with Crippen molar-refractivity contribution in [1.82, 2.24) is 9.80 Å². The molecule has 0 spiro atoms. The Morgan fingerprint density at radius 1 is 1.03 bits per heavy atom. The Kier molecular flexibility index (Phi) is 11.4. The van der Waals surface area contributed by atoms with Crippen LogP contribution in [0.5, 0.6) is 0 Å². The monoisotopic (exact) mass is 510 g/mol. The van der Waals surface area contributed by atoms with Crippen molar-refractivity contribution in [2.75, 3.05) is 13.3 Å². The summed E-state index contributed by atoms with van der Waals surface area (Å²) in [6.45, 7) is 5.40. The lowest BCUT2D eigenvalue weighted by atomic mass is 10.1. The largest absolute Gasteiger partial charge is 0.412 e. The maximum absolute atomic E-state index is 6.80. The van der Waals surface area contributed by atoms with E-state index in [4.69, 9.17) is 51.1 Å². The molecule has 30 heavy (non-hydrogen) atoms. The van der Waals surface area contributed by atoms with Crippen LogP contribution >= 0.6 is 58.8 Å². The van der Waals surface area contributed by atoms with Gasteiger partial charge < -0.3 is 20.0 Å². The fraction of sp³-hybridized carbons (Fsp3) is 0.238. The fourth-order valence-corrected chi connectivity index (χ4v) is 3.89. The van der Waals surface area contributed by atoms with E-state index in [0.29, 0.717) is 34.9 Å². The highest BCUT2D eigenvalue weighted by atomic mass is 35.5. The number of hydrogen-bond donors (Lipinski definition) is 0. The van der Waals surface area contributed by atoms with E-state index < -0.39 is 5.50 Å².